The molecule has 19 heavy (non-hydrogen) atoms. The van der Waals surface area contributed by atoms with Gasteiger partial charge in [0, 0.05) is 18.0 Å². The van der Waals surface area contributed by atoms with Crippen LogP contribution in [0.3, 0.4) is 0 Å². The van der Waals surface area contributed by atoms with Gasteiger partial charge in [-0.05, 0) is 43.6 Å². The molecular weight excluding hydrogens is 252 g/mol. The van der Waals surface area contributed by atoms with Gasteiger partial charge in [0.05, 0.1) is 6.04 Å². The fourth-order valence-electron chi connectivity index (χ4n) is 2.17. The monoisotopic (exact) mass is 274 g/mol. The highest BCUT2D eigenvalue weighted by atomic mass is 32.1. The van der Waals surface area contributed by atoms with Gasteiger partial charge in [0.15, 0.2) is 0 Å². The first kappa shape index (κ1) is 14.3. The average molecular weight is 274 g/mol. The maximum absolute atomic E-state index is 3.58. The zero-order valence-corrected chi connectivity index (χ0v) is 12.7. The van der Waals surface area contributed by atoms with E-state index in [0.29, 0.717) is 6.04 Å². The third kappa shape index (κ3) is 3.90. The van der Waals surface area contributed by atoms with E-state index in [0.717, 1.165) is 13.1 Å². The summed E-state index contributed by atoms with van der Waals surface area (Å²) in [6.07, 6.45) is 0. The van der Waals surface area contributed by atoms with E-state index in [2.05, 4.69) is 73.0 Å². The third-order valence-electron chi connectivity index (χ3n) is 3.41. The van der Waals surface area contributed by atoms with Crippen LogP contribution in [0.1, 0.15) is 22.0 Å². The smallest absolute Gasteiger partial charge is 0.0561 e. The predicted octanol–water partition coefficient (Wildman–Crippen LogP) is 3.45. The van der Waals surface area contributed by atoms with Gasteiger partial charge in [-0.2, -0.15) is 0 Å². The predicted molar refractivity (Wildman–Crippen MR) is 83.6 cm³/mol. The van der Waals surface area contributed by atoms with E-state index in [1.54, 1.807) is 0 Å². The molecule has 0 aliphatic carbocycles. The number of hydrogen-bond donors (Lipinski definition) is 1. The number of hydrogen-bond acceptors (Lipinski definition) is 3. The van der Waals surface area contributed by atoms with Crippen LogP contribution >= 0.6 is 11.3 Å². The van der Waals surface area contributed by atoms with Crippen molar-refractivity contribution < 1.29 is 0 Å². The Morgan fingerprint density at radius 3 is 2.58 bits per heavy atom. The minimum atomic E-state index is 0.448. The van der Waals surface area contributed by atoms with Crippen LogP contribution < -0.4 is 5.32 Å². The Hall–Kier alpha value is -1.16. The van der Waals surface area contributed by atoms with E-state index in [1.807, 2.05) is 11.3 Å². The van der Waals surface area contributed by atoms with Crippen molar-refractivity contribution in [2.24, 2.45) is 0 Å². The summed E-state index contributed by atoms with van der Waals surface area (Å²) in [4.78, 5) is 3.69. The van der Waals surface area contributed by atoms with E-state index in [4.69, 9.17) is 0 Å². The Labute approximate surface area is 120 Å². The number of benzene rings is 1. The van der Waals surface area contributed by atoms with Crippen molar-refractivity contribution >= 4 is 11.3 Å². The molecule has 1 heterocycles. The molecule has 1 unspecified atom stereocenters. The number of nitrogens with one attached hydrogen (secondary N) is 1. The second kappa shape index (κ2) is 6.85. The lowest BCUT2D eigenvalue weighted by Gasteiger charge is -2.23. The molecule has 1 aromatic carbocycles. The van der Waals surface area contributed by atoms with Crippen LogP contribution in [0.25, 0.3) is 0 Å². The van der Waals surface area contributed by atoms with Gasteiger partial charge < -0.3 is 10.2 Å². The average Bonchev–Trinajstić information content (AvgIpc) is 2.89. The molecular formula is C16H22N2S. The Morgan fingerprint density at radius 2 is 1.95 bits per heavy atom. The molecule has 2 nitrogen and oxygen atoms in total. The van der Waals surface area contributed by atoms with Gasteiger partial charge in [0.1, 0.15) is 0 Å². The SMILES string of the molecule is Cc1ccccc1CNCC(c1cccs1)N(C)C. The maximum atomic E-state index is 3.58. The van der Waals surface area contributed by atoms with Gasteiger partial charge in [-0.15, -0.1) is 11.3 Å². The molecule has 1 atom stereocenters. The molecule has 0 amide bonds. The summed E-state index contributed by atoms with van der Waals surface area (Å²) < 4.78 is 0. The number of rotatable bonds is 6. The second-order valence-electron chi connectivity index (χ2n) is 5.05. The van der Waals surface area contributed by atoms with E-state index < -0.39 is 0 Å². The third-order valence-corrected chi connectivity index (χ3v) is 4.38. The molecule has 3 heteroatoms. The molecule has 0 spiro atoms. The number of nitrogens with zero attached hydrogens (tertiary/aromatic N) is 1. The van der Waals surface area contributed by atoms with Crippen LogP contribution in [-0.4, -0.2) is 25.5 Å². The number of likely N-dealkylation sites (N-methyl/N-ethyl adjacent to an activating group) is 1. The quantitative estimate of drug-likeness (QED) is 0.868. The van der Waals surface area contributed by atoms with Crippen molar-refractivity contribution in [2.45, 2.75) is 19.5 Å². The van der Waals surface area contributed by atoms with Gasteiger partial charge in [0.2, 0.25) is 0 Å². The summed E-state index contributed by atoms with van der Waals surface area (Å²) in [5.41, 5.74) is 2.73. The first-order valence-electron chi connectivity index (χ1n) is 6.63. The Balaban J connectivity index is 1.92. The molecule has 1 aromatic heterocycles. The second-order valence-corrected chi connectivity index (χ2v) is 6.03. The van der Waals surface area contributed by atoms with Crippen molar-refractivity contribution in [2.75, 3.05) is 20.6 Å². The van der Waals surface area contributed by atoms with E-state index in [1.165, 1.54) is 16.0 Å². The van der Waals surface area contributed by atoms with Crippen LogP contribution in [0, 0.1) is 6.92 Å². The largest absolute Gasteiger partial charge is 0.311 e. The molecule has 0 aliphatic heterocycles. The highest BCUT2D eigenvalue weighted by Gasteiger charge is 2.14. The minimum absolute atomic E-state index is 0.448. The number of aryl methyl sites for hydroxylation is 1. The van der Waals surface area contributed by atoms with Crippen LogP contribution in [0.15, 0.2) is 41.8 Å². The molecule has 2 aromatic rings. The zero-order chi connectivity index (χ0) is 13.7. The fourth-order valence-corrected chi connectivity index (χ4v) is 3.09. The summed E-state index contributed by atoms with van der Waals surface area (Å²) in [7, 11) is 4.28. The van der Waals surface area contributed by atoms with Gasteiger partial charge in [-0.3, -0.25) is 0 Å². The van der Waals surface area contributed by atoms with E-state index >= 15 is 0 Å². The highest BCUT2D eigenvalue weighted by molar-refractivity contribution is 7.10. The highest BCUT2D eigenvalue weighted by Crippen LogP contribution is 2.22. The molecule has 2 rings (SSSR count). The van der Waals surface area contributed by atoms with Gasteiger partial charge in [0.25, 0.3) is 0 Å². The first-order chi connectivity index (χ1) is 9.18. The fraction of sp³-hybridized carbons (Fsp3) is 0.375. The summed E-state index contributed by atoms with van der Waals surface area (Å²) >= 11 is 1.83. The standard InChI is InChI=1S/C16H22N2S/c1-13-7-4-5-8-14(13)11-17-12-15(18(2)3)16-9-6-10-19-16/h4-10,15,17H,11-12H2,1-3H3. The van der Waals surface area contributed by atoms with Gasteiger partial charge >= 0.3 is 0 Å². The van der Waals surface area contributed by atoms with Crippen molar-refractivity contribution in [3.05, 3.63) is 57.8 Å². The topological polar surface area (TPSA) is 15.3 Å². The molecule has 102 valence electrons. The Kier molecular flexibility index (Phi) is 5.14. The van der Waals surface area contributed by atoms with Crippen molar-refractivity contribution in [3.8, 4) is 0 Å². The molecule has 0 saturated carbocycles. The van der Waals surface area contributed by atoms with Crippen molar-refractivity contribution in [1.82, 2.24) is 10.2 Å². The van der Waals surface area contributed by atoms with Crippen molar-refractivity contribution in [3.63, 3.8) is 0 Å². The summed E-state index contributed by atoms with van der Waals surface area (Å²) in [5.74, 6) is 0. The Bertz CT molecular complexity index is 491. The minimum Gasteiger partial charge on any atom is -0.311 e. The van der Waals surface area contributed by atoms with Crippen LogP contribution in [0.5, 0.6) is 0 Å². The van der Waals surface area contributed by atoms with Crippen LogP contribution in [0.4, 0.5) is 0 Å². The summed E-state index contributed by atoms with van der Waals surface area (Å²) in [6.45, 7) is 4.07. The number of thiophene rings is 1. The van der Waals surface area contributed by atoms with Crippen LogP contribution in [0.2, 0.25) is 0 Å². The maximum Gasteiger partial charge on any atom is 0.0561 e. The molecule has 1 N–H and O–H groups in total. The first-order valence-corrected chi connectivity index (χ1v) is 7.51. The van der Waals surface area contributed by atoms with Gasteiger partial charge in [-0.25, -0.2) is 0 Å². The molecule has 0 radical (unpaired) electrons. The summed E-state index contributed by atoms with van der Waals surface area (Å²) in [6, 6.07) is 13.3. The molecule has 0 saturated heterocycles. The Morgan fingerprint density at radius 1 is 1.16 bits per heavy atom. The van der Waals surface area contributed by atoms with Crippen LogP contribution in [-0.2, 0) is 6.54 Å². The molecule has 0 bridgehead atoms. The molecule has 0 aliphatic rings. The molecule has 0 fully saturated rings. The van der Waals surface area contributed by atoms with Gasteiger partial charge in [-0.1, -0.05) is 30.3 Å². The lowest BCUT2D eigenvalue weighted by Crippen LogP contribution is -2.30. The van der Waals surface area contributed by atoms with Crippen molar-refractivity contribution in [1.29, 1.82) is 0 Å². The lowest BCUT2D eigenvalue weighted by molar-refractivity contribution is 0.292. The zero-order valence-electron chi connectivity index (χ0n) is 11.9. The van der Waals surface area contributed by atoms with E-state index in [9.17, 15) is 0 Å². The normalized spacial score (nSPS) is 12.8. The lowest BCUT2D eigenvalue weighted by atomic mass is 10.1. The van der Waals surface area contributed by atoms with E-state index in [-0.39, 0.29) is 0 Å². The summed E-state index contributed by atoms with van der Waals surface area (Å²) in [5, 5.41) is 5.72.